The molecule has 0 fully saturated rings. The lowest BCUT2D eigenvalue weighted by Gasteiger charge is -2.18. The fourth-order valence-electron chi connectivity index (χ4n) is 2.35. The Morgan fingerprint density at radius 1 is 1.05 bits per heavy atom. The summed E-state index contributed by atoms with van der Waals surface area (Å²) >= 11 is 0. The molecule has 0 bridgehead atoms. The summed E-state index contributed by atoms with van der Waals surface area (Å²) in [5.74, 6) is 0.518. The van der Waals surface area contributed by atoms with Crippen LogP contribution in [0.25, 0.3) is 0 Å². The lowest BCUT2D eigenvalue weighted by Crippen LogP contribution is -2.27. The van der Waals surface area contributed by atoms with E-state index in [4.69, 9.17) is 0 Å². The minimum Gasteiger partial charge on any atom is -0.207 e. The summed E-state index contributed by atoms with van der Waals surface area (Å²) < 4.78 is 26.2. The van der Waals surface area contributed by atoms with E-state index in [1.807, 2.05) is 12.1 Å². The van der Waals surface area contributed by atoms with Gasteiger partial charge in [0.05, 0.1) is 4.90 Å². The molecule has 0 atom stereocenters. The van der Waals surface area contributed by atoms with Crippen LogP contribution in [0.3, 0.4) is 0 Å². The molecule has 1 aromatic carbocycles. The molecule has 0 aromatic heterocycles. The molecular weight excluding hydrogens is 270 g/mol. The van der Waals surface area contributed by atoms with Gasteiger partial charge in [-0.05, 0) is 42.9 Å². The lowest BCUT2D eigenvalue weighted by molar-refractivity contribution is 0.459. The molecule has 114 valence electrons. The van der Waals surface area contributed by atoms with Gasteiger partial charge in [0.2, 0.25) is 10.0 Å². The quantitative estimate of drug-likeness (QED) is 0.727. The third kappa shape index (κ3) is 4.06. The topological polar surface area (TPSA) is 37.4 Å². The highest BCUT2D eigenvalue weighted by Crippen LogP contribution is 2.24. The Morgan fingerprint density at radius 2 is 1.60 bits per heavy atom. The van der Waals surface area contributed by atoms with Crippen molar-refractivity contribution in [2.75, 3.05) is 13.6 Å². The van der Waals surface area contributed by atoms with Crippen molar-refractivity contribution in [3.63, 3.8) is 0 Å². The average molecular weight is 297 g/mol. The Labute approximate surface area is 124 Å². The molecule has 0 aliphatic heterocycles. The minimum atomic E-state index is -3.33. The first-order valence-corrected chi connectivity index (χ1v) is 8.97. The smallest absolute Gasteiger partial charge is 0.207 e. The predicted molar refractivity (Wildman–Crippen MR) is 84.5 cm³/mol. The highest BCUT2D eigenvalue weighted by Gasteiger charge is 2.20. The maximum atomic E-state index is 12.4. The number of unbranched alkanes of at least 4 members (excludes halogenated alkanes) is 1. The Hall–Kier alpha value is -0.870. The van der Waals surface area contributed by atoms with E-state index in [1.54, 1.807) is 19.2 Å². The molecule has 4 heteroatoms. The summed E-state index contributed by atoms with van der Waals surface area (Å²) in [5.41, 5.74) is 1.23. The number of sulfonamides is 1. The van der Waals surface area contributed by atoms with Gasteiger partial charge in [-0.1, -0.05) is 39.3 Å². The molecule has 0 N–H and O–H groups in total. The van der Waals surface area contributed by atoms with E-state index in [-0.39, 0.29) is 0 Å². The largest absolute Gasteiger partial charge is 0.242 e. The zero-order chi connectivity index (χ0) is 15.2. The van der Waals surface area contributed by atoms with Crippen LogP contribution in [0.5, 0.6) is 0 Å². The highest BCUT2D eigenvalue weighted by atomic mass is 32.2. The number of nitrogens with zero attached hydrogens (tertiary/aromatic N) is 1. The number of hydrogen-bond acceptors (Lipinski definition) is 2. The second-order valence-corrected chi connectivity index (χ2v) is 7.31. The van der Waals surface area contributed by atoms with Crippen LogP contribution < -0.4 is 0 Å². The van der Waals surface area contributed by atoms with E-state index >= 15 is 0 Å². The Bertz CT molecular complexity index is 490. The number of benzene rings is 1. The average Bonchev–Trinajstić information content (AvgIpc) is 2.46. The fraction of sp³-hybridized carbons (Fsp3) is 0.625. The van der Waals surface area contributed by atoms with E-state index in [0.29, 0.717) is 17.4 Å². The minimum absolute atomic E-state index is 0.394. The molecule has 0 spiro atoms. The summed E-state index contributed by atoms with van der Waals surface area (Å²) in [5, 5.41) is 0. The van der Waals surface area contributed by atoms with Crippen LogP contribution >= 0.6 is 0 Å². The van der Waals surface area contributed by atoms with E-state index < -0.39 is 10.0 Å². The van der Waals surface area contributed by atoms with Crippen LogP contribution in [0.1, 0.15) is 57.9 Å². The van der Waals surface area contributed by atoms with Crippen LogP contribution in [0.4, 0.5) is 0 Å². The third-order valence-corrected chi connectivity index (χ3v) is 5.74. The van der Waals surface area contributed by atoms with Crippen LogP contribution in [0, 0.1) is 0 Å². The maximum Gasteiger partial charge on any atom is 0.242 e. The summed E-state index contributed by atoms with van der Waals surface area (Å²) in [6.45, 7) is 6.96. The second kappa shape index (κ2) is 7.79. The van der Waals surface area contributed by atoms with Gasteiger partial charge in [-0.25, -0.2) is 12.7 Å². The van der Waals surface area contributed by atoms with Crippen molar-refractivity contribution in [2.24, 2.45) is 0 Å². The van der Waals surface area contributed by atoms with Crippen LogP contribution in [0.15, 0.2) is 29.2 Å². The molecule has 20 heavy (non-hydrogen) atoms. The monoisotopic (exact) mass is 297 g/mol. The van der Waals surface area contributed by atoms with E-state index in [0.717, 1.165) is 25.7 Å². The molecule has 1 aromatic rings. The molecule has 0 aliphatic rings. The van der Waals surface area contributed by atoms with Crippen molar-refractivity contribution in [1.29, 1.82) is 0 Å². The Kier molecular flexibility index (Phi) is 6.69. The first-order valence-electron chi connectivity index (χ1n) is 7.53. The molecule has 0 saturated heterocycles. The van der Waals surface area contributed by atoms with Crippen LogP contribution in [0.2, 0.25) is 0 Å². The lowest BCUT2D eigenvalue weighted by atomic mass is 9.94. The molecule has 1 rings (SSSR count). The normalized spacial score (nSPS) is 12.3. The zero-order valence-corrected chi connectivity index (χ0v) is 13.9. The summed E-state index contributed by atoms with van der Waals surface area (Å²) in [4.78, 5) is 0.394. The molecule has 3 nitrogen and oxygen atoms in total. The van der Waals surface area contributed by atoms with Gasteiger partial charge in [-0.2, -0.15) is 0 Å². The molecule has 0 aliphatic carbocycles. The zero-order valence-electron chi connectivity index (χ0n) is 13.1. The number of hydrogen-bond donors (Lipinski definition) is 0. The van der Waals surface area contributed by atoms with Crippen molar-refractivity contribution >= 4 is 10.0 Å². The van der Waals surface area contributed by atoms with Gasteiger partial charge in [0.1, 0.15) is 0 Å². The molecule has 0 saturated carbocycles. The molecule has 0 radical (unpaired) electrons. The van der Waals surface area contributed by atoms with Crippen LogP contribution in [-0.4, -0.2) is 26.3 Å². The van der Waals surface area contributed by atoms with Crippen molar-refractivity contribution in [2.45, 2.75) is 57.3 Å². The predicted octanol–water partition coefficient (Wildman–Crippen LogP) is 4.01. The van der Waals surface area contributed by atoms with Gasteiger partial charge in [0.15, 0.2) is 0 Å². The fourth-order valence-corrected chi connectivity index (χ4v) is 3.56. The Morgan fingerprint density at radius 3 is 2.05 bits per heavy atom. The molecule has 0 unspecified atom stereocenters. The van der Waals surface area contributed by atoms with Crippen molar-refractivity contribution in [1.82, 2.24) is 4.31 Å². The summed E-state index contributed by atoms with van der Waals surface area (Å²) in [7, 11) is -1.68. The summed E-state index contributed by atoms with van der Waals surface area (Å²) in [6.07, 6.45) is 4.05. The maximum absolute atomic E-state index is 12.4. The first-order chi connectivity index (χ1) is 9.47. The van der Waals surface area contributed by atoms with Crippen molar-refractivity contribution < 1.29 is 8.42 Å². The molecule has 0 heterocycles. The van der Waals surface area contributed by atoms with Gasteiger partial charge >= 0.3 is 0 Å². The number of rotatable bonds is 8. The SMILES string of the molecule is CCCCN(C)S(=O)(=O)c1ccc(C(CC)CC)cc1. The highest BCUT2D eigenvalue weighted by molar-refractivity contribution is 7.89. The van der Waals surface area contributed by atoms with E-state index in [9.17, 15) is 8.42 Å². The summed E-state index contributed by atoms with van der Waals surface area (Å²) in [6, 6.07) is 7.40. The van der Waals surface area contributed by atoms with Gasteiger partial charge < -0.3 is 0 Å². The van der Waals surface area contributed by atoms with Crippen molar-refractivity contribution in [3.05, 3.63) is 29.8 Å². The van der Waals surface area contributed by atoms with Gasteiger partial charge in [-0.15, -0.1) is 0 Å². The van der Waals surface area contributed by atoms with E-state index in [1.165, 1.54) is 9.87 Å². The molecular formula is C16H27NO2S. The van der Waals surface area contributed by atoms with E-state index in [2.05, 4.69) is 20.8 Å². The van der Waals surface area contributed by atoms with Gasteiger partial charge in [0, 0.05) is 13.6 Å². The Balaban J connectivity index is 2.92. The van der Waals surface area contributed by atoms with Gasteiger partial charge in [-0.3, -0.25) is 0 Å². The van der Waals surface area contributed by atoms with Crippen molar-refractivity contribution in [3.8, 4) is 0 Å². The standard InChI is InChI=1S/C16H27NO2S/c1-5-8-13-17(4)20(18,19)16-11-9-15(10-12-16)14(6-2)7-3/h9-12,14H,5-8,13H2,1-4H3. The third-order valence-electron chi connectivity index (χ3n) is 3.87. The molecule has 0 amide bonds. The second-order valence-electron chi connectivity index (χ2n) is 5.26. The first kappa shape index (κ1) is 17.2. The van der Waals surface area contributed by atoms with Gasteiger partial charge in [0.25, 0.3) is 0 Å². The van der Waals surface area contributed by atoms with Crippen LogP contribution in [-0.2, 0) is 10.0 Å².